The van der Waals surface area contributed by atoms with E-state index in [0.717, 1.165) is 25.7 Å². The van der Waals surface area contributed by atoms with E-state index in [1.54, 1.807) is 5.38 Å². The molecule has 0 radical (unpaired) electrons. The number of rotatable bonds is 4. The lowest BCUT2D eigenvalue weighted by Crippen LogP contribution is -2.24. The lowest BCUT2D eigenvalue weighted by atomic mass is 10.3. The van der Waals surface area contributed by atoms with Gasteiger partial charge < -0.3 is 15.3 Å². The highest BCUT2D eigenvalue weighted by Gasteiger charge is 2.25. The highest BCUT2D eigenvalue weighted by molar-refractivity contribution is 7.13. The fourth-order valence-electron chi connectivity index (χ4n) is 1.89. The number of carbonyl (C=O) groups is 1. The number of hydrogen-bond acceptors (Lipinski definition) is 7. The zero-order valence-electron chi connectivity index (χ0n) is 10.1. The number of ether oxygens (including phenoxy) is 1. The van der Waals surface area contributed by atoms with Gasteiger partial charge in [-0.2, -0.15) is 0 Å². The highest BCUT2D eigenvalue weighted by atomic mass is 32.1. The molecule has 0 spiro atoms. The van der Waals surface area contributed by atoms with E-state index in [4.69, 9.17) is 10.5 Å². The van der Waals surface area contributed by atoms with Crippen LogP contribution in [-0.2, 0) is 14.4 Å². The zero-order chi connectivity index (χ0) is 13.0. The Morgan fingerprint density at radius 3 is 2.83 bits per heavy atom. The van der Waals surface area contributed by atoms with E-state index in [-0.39, 0.29) is 11.8 Å². The molecule has 0 unspecified atom stereocenters. The zero-order valence-corrected chi connectivity index (χ0v) is 10.9. The molecule has 6 nitrogen and oxygen atoms in total. The lowest BCUT2D eigenvalue weighted by molar-refractivity contribution is -0.140. The summed E-state index contributed by atoms with van der Waals surface area (Å²) in [6.07, 6.45) is 3.99. The number of carbonyl (C=O) groups excluding carboxylic acids is 1. The summed E-state index contributed by atoms with van der Waals surface area (Å²) >= 11 is 1.24. The van der Waals surface area contributed by atoms with Crippen LogP contribution in [0.4, 0.5) is 5.13 Å². The molecule has 1 aromatic rings. The molecule has 1 fully saturated rings. The van der Waals surface area contributed by atoms with Gasteiger partial charge in [0.2, 0.25) is 5.71 Å². The topological polar surface area (TPSA) is 86.8 Å². The molecule has 1 aliphatic rings. The molecule has 1 saturated carbocycles. The van der Waals surface area contributed by atoms with Gasteiger partial charge in [0.05, 0.1) is 0 Å². The van der Waals surface area contributed by atoms with Gasteiger partial charge in [0.15, 0.2) is 5.13 Å². The van der Waals surface area contributed by atoms with Crippen molar-refractivity contribution in [3.8, 4) is 0 Å². The van der Waals surface area contributed by atoms with Crippen molar-refractivity contribution in [1.29, 1.82) is 0 Å². The number of aromatic nitrogens is 1. The van der Waals surface area contributed by atoms with Gasteiger partial charge in [0, 0.05) is 5.38 Å². The Morgan fingerprint density at radius 2 is 2.28 bits per heavy atom. The number of esters is 1. The minimum Gasteiger partial charge on any atom is -0.458 e. The van der Waals surface area contributed by atoms with Crippen molar-refractivity contribution in [1.82, 2.24) is 4.98 Å². The van der Waals surface area contributed by atoms with Gasteiger partial charge >= 0.3 is 5.97 Å². The maximum absolute atomic E-state index is 12.0. The fourth-order valence-corrected chi connectivity index (χ4v) is 2.44. The first-order valence-corrected chi connectivity index (χ1v) is 6.62. The molecule has 7 heteroatoms. The molecule has 1 heterocycles. The van der Waals surface area contributed by atoms with E-state index in [1.165, 1.54) is 18.4 Å². The van der Waals surface area contributed by atoms with Crippen LogP contribution in [0.1, 0.15) is 31.4 Å². The van der Waals surface area contributed by atoms with Gasteiger partial charge in [-0.25, -0.2) is 9.78 Å². The summed E-state index contributed by atoms with van der Waals surface area (Å²) in [4.78, 5) is 20.7. The van der Waals surface area contributed by atoms with Gasteiger partial charge in [-0.1, -0.05) is 5.16 Å². The molecule has 0 aromatic carbocycles. The smallest absolute Gasteiger partial charge is 0.362 e. The summed E-state index contributed by atoms with van der Waals surface area (Å²) in [5.74, 6) is -0.506. The minimum absolute atomic E-state index is 0.0180. The van der Waals surface area contributed by atoms with Crippen LogP contribution in [-0.4, -0.2) is 29.9 Å². The lowest BCUT2D eigenvalue weighted by Gasteiger charge is -2.11. The van der Waals surface area contributed by atoms with Crippen molar-refractivity contribution >= 4 is 28.1 Å². The molecular formula is C11H15N3O3S. The summed E-state index contributed by atoms with van der Waals surface area (Å²) in [5, 5.41) is 5.71. The summed E-state index contributed by atoms with van der Waals surface area (Å²) in [6, 6.07) is 0. The molecule has 0 aliphatic heterocycles. The molecule has 2 rings (SSSR count). The SMILES string of the molecule is CON=C(C(=O)OC1CCCC1)c1csc(N)n1. The summed E-state index contributed by atoms with van der Waals surface area (Å²) < 4.78 is 5.36. The molecule has 1 aromatic heterocycles. The average molecular weight is 269 g/mol. The Kier molecular flexibility index (Phi) is 4.14. The van der Waals surface area contributed by atoms with E-state index < -0.39 is 5.97 Å². The Balaban J connectivity index is 2.10. The van der Waals surface area contributed by atoms with Crippen molar-refractivity contribution < 1.29 is 14.4 Å². The molecule has 0 saturated heterocycles. The number of nitrogen functional groups attached to an aromatic ring is 1. The van der Waals surface area contributed by atoms with Crippen LogP contribution in [0.2, 0.25) is 0 Å². The number of oxime groups is 1. The third kappa shape index (κ3) is 2.98. The van der Waals surface area contributed by atoms with E-state index in [1.807, 2.05) is 0 Å². The molecule has 18 heavy (non-hydrogen) atoms. The fraction of sp³-hybridized carbons (Fsp3) is 0.545. The van der Waals surface area contributed by atoms with E-state index in [2.05, 4.69) is 15.0 Å². The van der Waals surface area contributed by atoms with Crippen LogP contribution in [0.25, 0.3) is 0 Å². The van der Waals surface area contributed by atoms with Crippen LogP contribution in [0, 0.1) is 0 Å². The number of anilines is 1. The third-order valence-electron chi connectivity index (χ3n) is 2.72. The molecular weight excluding hydrogens is 254 g/mol. The normalized spacial score (nSPS) is 16.8. The van der Waals surface area contributed by atoms with Crippen molar-refractivity contribution in [2.75, 3.05) is 12.8 Å². The quantitative estimate of drug-likeness (QED) is 0.509. The Morgan fingerprint density at radius 1 is 1.56 bits per heavy atom. The molecule has 1 aliphatic carbocycles. The first-order chi connectivity index (χ1) is 8.70. The summed E-state index contributed by atoms with van der Waals surface area (Å²) in [6.45, 7) is 0. The summed E-state index contributed by atoms with van der Waals surface area (Å²) in [7, 11) is 1.37. The minimum atomic E-state index is -0.506. The van der Waals surface area contributed by atoms with Gasteiger partial charge in [-0.05, 0) is 25.7 Å². The first-order valence-electron chi connectivity index (χ1n) is 5.74. The predicted molar refractivity (Wildman–Crippen MR) is 68.4 cm³/mol. The standard InChI is InChI=1S/C11H15N3O3S/c1-16-14-9(8-6-18-11(12)13-8)10(15)17-7-4-2-3-5-7/h6-7H,2-5H2,1H3,(H2,12,13). The highest BCUT2D eigenvalue weighted by Crippen LogP contribution is 2.22. The van der Waals surface area contributed by atoms with Crippen LogP contribution in [0.15, 0.2) is 10.5 Å². The number of hydrogen-bond donors (Lipinski definition) is 1. The van der Waals surface area contributed by atoms with Gasteiger partial charge in [-0.15, -0.1) is 11.3 Å². The third-order valence-corrected chi connectivity index (χ3v) is 3.39. The van der Waals surface area contributed by atoms with Crippen LogP contribution in [0.3, 0.4) is 0 Å². The van der Waals surface area contributed by atoms with E-state index >= 15 is 0 Å². The first kappa shape index (κ1) is 12.8. The van der Waals surface area contributed by atoms with Gasteiger partial charge in [0.1, 0.15) is 18.9 Å². The maximum Gasteiger partial charge on any atom is 0.362 e. The Bertz CT molecular complexity index is 452. The van der Waals surface area contributed by atoms with Gasteiger partial charge in [0.25, 0.3) is 0 Å². The van der Waals surface area contributed by atoms with Crippen molar-refractivity contribution in [3.63, 3.8) is 0 Å². The van der Waals surface area contributed by atoms with Crippen LogP contribution >= 0.6 is 11.3 Å². The molecule has 0 bridgehead atoms. The summed E-state index contributed by atoms with van der Waals surface area (Å²) in [5.41, 5.74) is 5.99. The Hall–Kier alpha value is -1.63. The predicted octanol–water partition coefficient (Wildman–Crippen LogP) is 1.56. The monoisotopic (exact) mass is 269 g/mol. The number of nitrogens with zero attached hydrogens (tertiary/aromatic N) is 2. The molecule has 0 atom stereocenters. The number of thiazole rings is 1. The number of nitrogens with two attached hydrogens (primary N) is 1. The second-order valence-electron chi connectivity index (χ2n) is 4.01. The average Bonchev–Trinajstić information content (AvgIpc) is 2.97. The molecule has 98 valence electrons. The van der Waals surface area contributed by atoms with E-state index in [0.29, 0.717) is 10.8 Å². The van der Waals surface area contributed by atoms with Crippen molar-refractivity contribution in [3.05, 3.63) is 11.1 Å². The Labute approximate surface area is 109 Å². The van der Waals surface area contributed by atoms with Crippen LogP contribution < -0.4 is 5.73 Å². The van der Waals surface area contributed by atoms with Crippen molar-refractivity contribution in [2.24, 2.45) is 5.16 Å². The largest absolute Gasteiger partial charge is 0.458 e. The molecule has 0 amide bonds. The van der Waals surface area contributed by atoms with Crippen LogP contribution in [0.5, 0.6) is 0 Å². The van der Waals surface area contributed by atoms with Crippen molar-refractivity contribution in [2.45, 2.75) is 31.8 Å². The second kappa shape index (κ2) is 5.81. The maximum atomic E-state index is 12.0. The van der Waals surface area contributed by atoms with E-state index in [9.17, 15) is 4.79 Å². The molecule has 2 N–H and O–H groups in total. The van der Waals surface area contributed by atoms with Gasteiger partial charge in [-0.3, -0.25) is 0 Å². The second-order valence-corrected chi connectivity index (χ2v) is 4.89.